The molecule has 0 saturated carbocycles. The fraction of sp³-hybridized carbons (Fsp3) is 0.462. The number of carbonyl (C=O) groups is 1. The number of aryl methyl sites for hydroxylation is 2. The Labute approximate surface area is 118 Å². The number of thioether (sulfide) groups is 1. The minimum absolute atomic E-state index is 0.0677. The maximum atomic E-state index is 11.6. The first-order valence-electron chi connectivity index (χ1n) is 5.99. The van der Waals surface area contributed by atoms with Crippen molar-refractivity contribution >= 4 is 27.5 Å². The lowest BCUT2D eigenvalue weighted by molar-refractivity contribution is -0.117. The molecule has 0 aliphatic carbocycles. The molecule has 2 N–H and O–H groups in total. The summed E-state index contributed by atoms with van der Waals surface area (Å²) in [6, 6.07) is 6.09. The summed E-state index contributed by atoms with van der Waals surface area (Å²) in [7, 11) is -3.19. The van der Waals surface area contributed by atoms with Gasteiger partial charge in [-0.15, -0.1) is 11.8 Å². The maximum Gasteiger partial charge on any atom is 0.218 e. The molecule has 1 aromatic carbocycles. The van der Waals surface area contributed by atoms with E-state index in [1.54, 1.807) is 0 Å². The lowest BCUT2D eigenvalue weighted by atomic mass is 10.2. The highest BCUT2D eigenvalue weighted by Crippen LogP contribution is 2.23. The van der Waals surface area contributed by atoms with Gasteiger partial charge in [-0.3, -0.25) is 4.79 Å². The molecule has 0 unspecified atom stereocenters. The number of sulfone groups is 1. The Balaban J connectivity index is 2.47. The van der Waals surface area contributed by atoms with E-state index in [0.717, 1.165) is 10.5 Å². The molecule has 0 heterocycles. The Morgan fingerprint density at radius 3 is 2.53 bits per heavy atom. The topological polar surface area (TPSA) is 77.2 Å². The van der Waals surface area contributed by atoms with Crippen molar-refractivity contribution in [1.82, 2.24) is 0 Å². The first-order chi connectivity index (χ1) is 8.80. The highest BCUT2D eigenvalue weighted by atomic mass is 32.2. The Morgan fingerprint density at radius 2 is 1.95 bits per heavy atom. The monoisotopic (exact) mass is 301 g/mol. The fourth-order valence-electron chi connectivity index (χ4n) is 1.60. The number of carbonyl (C=O) groups excluding carboxylic acids is 1. The molecule has 0 aliphatic rings. The molecule has 1 amide bonds. The van der Waals surface area contributed by atoms with Gasteiger partial charge in [-0.1, -0.05) is 17.7 Å². The lowest BCUT2D eigenvalue weighted by Gasteiger charge is -2.07. The van der Waals surface area contributed by atoms with Crippen molar-refractivity contribution in [2.24, 2.45) is 5.73 Å². The number of hydrogen-bond acceptors (Lipinski definition) is 4. The number of rotatable bonds is 7. The summed E-state index contributed by atoms with van der Waals surface area (Å²) in [5.74, 6) is -0.176. The van der Waals surface area contributed by atoms with Gasteiger partial charge < -0.3 is 5.73 Å². The van der Waals surface area contributed by atoms with Crippen molar-refractivity contribution in [1.29, 1.82) is 0 Å². The van der Waals surface area contributed by atoms with Crippen molar-refractivity contribution in [2.75, 3.05) is 17.3 Å². The van der Waals surface area contributed by atoms with Gasteiger partial charge in [0.1, 0.15) is 0 Å². The standard InChI is InChI=1S/C13H19NO3S2/c1-10-3-4-12(11(2)9-10)18-6-8-19(16,17)7-5-13(14)15/h3-4,9H,5-8H2,1-2H3,(H2,14,15). The van der Waals surface area contributed by atoms with Crippen molar-refractivity contribution < 1.29 is 13.2 Å². The molecule has 0 aliphatic heterocycles. The molecule has 106 valence electrons. The van der Waals surface area contributed by atoms with Gasteiger partial charge in [-0.05, 0) is 25.5 Å². The van der Waals surface area contributed by atoms with Crippen LogP contribution < -0.4 is 5.73 Å². The average molecular weight is 301 g/mol. The van der Waals surface area contributed by atoms with Crippen LogP contribution in [0, 0.1) is 13.8 Å². The predicted molar refractivity (Wildman–Crippen MR) is 79.1 cm³/mol. The molecule has 1 aromatic rings. The van der Waals surface area contributed by atoms with Crippen LogP contribution in [-0.4, -0.2) is 31.6 Å². The number of amides is 1. The number of primary amides is 1. The smallest absolute Gasteiger partial charge is 0.218 e. The van der Waals surface area contributed by atoms with Gasteiger partial charge in [0.05, 0.1) is 11.5 Å². The van der Waals surface area contributed by atoms with Crippen LogP contribution in [0.4, 0.5) is 0 Å². The molecule has 0 bridgehead atoms. The average Bonchev–Trinajstić information content (AvgIpc) is 2.29. The van der Waals surface area contributed by atoms with Gasteiger partial charge in [0.2, 0.25) is 5.91 Å². The van der Waals surface area contributed by atoms with Crippen LogP contribution in [-0.2, 0) is 14.6 Å². The van der Waals surface area contributed by atoms with Crippen molar-refractivity contribution in [2.45, 2.75) is 25.2 Å². The zero-order valence-corrected chi connectivity index (χ0v) is 12.8. The normalized spacial score (nSPS) is 11.5. The Hall–Kier alpha value is -1.01. The molecule has 1 rings (SSSR count). The van der Waals surface area contributed by atoms with Crippen molar-refractivity contribution in [3.63, 3.8) is 0 Å². The molecule has 0 aromatic heterocycles. The Bertz CT molecular complexity index is 553. The maximum absolute atomic E-state index is 11.6. The van der Waals surface area contributed by atoms with E-state index < -0.39 is 15.7 Å². The Morgan fingerprint density at radius 1 is 1.26 bits per heavy atom. The molecule has 19 heavy (non-hydrogen) atoms. The zero-order valence-electron chi connectivity index (χ0n) is 11.2. The molecular weight excluding hydrogens is 282 g/mol. The minimum Gasteiger partial charge on any atom is -0.370 e. The summed E-state index contributed by atoms with van der Waals surface area (Å²) >= 11 is 1.52. The van der Waals surface area contributed by atoms with Crippen molar-refractivity contribution in [3.8, 4) is 0 Å². The number of benzene rings is 1. The van der Waals surface area contributed by atoms with E-state index in [2.05, 4.69) is 6.07 Å². The molecular formula is C13H19NO3S2. The summed E-state index contributed by atoms with van der Waals surface area (Å²) < 4.78 is 23.3. The van der Waals surface area contributed by atoms with E-state index in [-0.39, 0.29) is 17.9 Å². The minimum atomic E-state index is -3.19. The quantitative estimate of drug-likeness (QED) is 0.777. The summed E-state index contributed by atoms with van der Waals surface area (Å²) in [5, 5.41) is 0. The predicted octanol–water partition coefficient (Wildman–Crippen LogP) is 1.69. The van der Waals surface area contributed by atoms with Gasteiger partial charge in [0, 0.05) is 17.1 Å². The van der Waals surface area contributed by atoms with E-state index in [9.17, 15) is 13.2 Å². The van der Waals surface area contributed by atoms with Gasteiger partial charge in [-0.25, -0.2) is 8.42 Å². The van der Waals surface area contributed by atoms with Crippen LogP contribution >= 0.6 is 11.8 Å². The summed E-state index contributed by atoms with van der Waals surface area (Å²) in [6.45, 7) is 4.03. The SMILES string of the molecule is Cc1ccc(SCCS(=O)(=O)CCC(N)=O)c(C)c1. The summed E-state index contributed by atoms with van der Waals surface area (Å²) in [5.41, 5.74) is 7.29. The first kappa shape index (κ1) is 16.0. The van der Waals surface area contributed by atoms with Gasteiger partial charge in [-0.2, -0.15) is 0 Å². The molecule has 4 nitrogen and oxygen atoms in total. The third kappa shape index (κ3) is 6.11. The van der Waals surface area contributed by atoms with E-state index >= 15 is 0 Å². The van der Waals surface area contributed by atoms with Gasteiger partial charge in [0.25, 0.3) is 0 Å². The van der Waals surface area contributed by atoms with Crippen LogP contribution in [0.25, 0.3) is 0 Å². The number of nitrogens with two attached hydrogens (primary N) is 1. The molecule has 0 fully saturated rings. The van der Waals surface area contributed by atoms with Gasteiger partial charge >= 0.3 is 0 Å². The van der Waals surface area contributed by atoms with Crippen LogP contribution in [0.15, 0.2) is 23.1 Å². The lowest BCUT2D eigenvalue weighted by Crippen LogP contribution is -2.19. The van der Waals surface area contributed by atoms with Crippen LogP contribution in [0.1, 0.15) is 17.5 Å². The van der Waals surface area contributed by atoms with Crippen LogP contribution in [0.2, 0.25) is 0 Å². The fourth-order valence-corrected chi connectivity index (χ4v) is 4.33. The Kier molecular flexibility index (Phi) is 5.87. The molecule has 0 atom stereocenters. The van der Waals surface area contributed by atoms with Crippen LogP contribution in [0.5, 0.6) is 0 Å². The van der Waals surface area contributed by atoms with Gasteiger partial charge in [0.15, 0.2) is 9.84 Å². The highest BCUT2D eigenvalue weighted by molar-refractivity contribution is 8.00. The van der Waals surface area contributed by atoms with Crippen molar-refractivity contribution in [3.05, 3.63) is 29.3 Å². The molecule has 0 saturated heterocycles. The summed E-state index contributed by atoms with van der Waals surface area (Å²) in [4.78, 5) is 11.7. The largest absolute Gasteiger partial charge is 0.370 e. The second kappa shape index (κ2) is 6.96. The van der Waals surface area contributed by atoms with Crippen LogP contribution in [0.3, 0.4) is 0 Å². The second-order valence-electron chi connectivity index (χ2n) is 4.49. The molecule has 6 heteroatoms. The molecule has 0 radical (unpaired) electrons. The van der Waals surface area contributed by atoms with E-state index in [1.165, 1.54) is 17.3 Å². The zero-order chi connectivity index (χ0) is 14.5. The second-order valence-corrected chi connectivity index (χ2v) is 7.93. The van der Waals surface area contributed by atoms with E-state index in [4.69, 9.17) is 5.73 Å². The highest BCUT2D eigenvalue weighted by Gasteiger charge is 2.12. The van der Waals surface area contributed by atoms with E-state index in [0.29, 0.717) is 5.75 Å². The summed E-state index contributed by atoms with van der Waals surface area (Å²) in [6.07, 6.45) is -0.101. The molecule has 0 spiro atoms. The third-order valence-electron chi connectivity index (χ3n) is 2.64. The third-order valence-corrected chi connectivity index (χ3v) is 5.73. The first-order valence-corrected chi connectivity index (χ1v) is 8.79. The van der Waals surface area contributed by atoms with E-state index in [1.807, 2.05) is 26.0 Å². The number of hydrogen-bond donors (Lipinski definition) is 1.